The number of morpholine rings is 1. The topological polar surface area (TPSA) is 87.2 Å². The average Bonchev–Trinajstić information content (AvgIpc) is 3.32. The Kier molecular flexibility index (Phi) is 8.69. The first kappa shape index (κ1) is 23.5. The molecule has 0 radical (unpaired) electrons. The van der Waals surface area contributed by atoms with Gasteiger partial charge in [-0.1, -0.05) is 12.1 Å². The van der Waals surface area contributed by atoms with E-state index in [9.17, 15) is 4.79 Å². The highest BCUT2D eigenvalue weighted by Crippen LogP contribution is 2.17. The standard InChI is InChI=1S/C23H37N5O3/c1-4-24-22(26-17-23(2,3)28-10-13-30-14-11-28)25-16-18-7-5-8-19(15-18)27-21(29)20-9-6-12-31-20/h5,7-8,15,20H,4,6,9-14,16-17H2,1-3H3,(H,27,29)(H2,24,25,26). The lowest BCUT2D eigenvalue weighted by molar-refractivity contribution is -0.124. The Morgan fingerprint density at radius 2 is 2.03 bits per heavy atom. The van der Waals surface area contributed by atoms with Crippen molar-refractivity contribution in [2.75, 3.05) is 51.3 Å². The number of rotatable bonds is 8. The fourth-order valence-electron chi connectivity index (χ4n) is 3.85. The molecule has 2 aliphatic rings. The minimum atomic E-state index is -0.332. The summed E-state index contributed by atoms with van der Waals surface area (Å²) in [5.41, 5.74) is 1.82. The zero-order chi connectivity index (χ0) is 22.1. The van der Waals surface area contributed by atoms with E-state index >= 15 is 0 Å². The summed E-state index contributed by atoms with van der Waals surface area (Å²) < 4.78 is 10.9. The number of guanidine groups is 1. The fraction of sp³-hybridized carbons (Fsp3) is 0.652. The van der Waals surface area contributed by atoms with Gasteiger partial charge >= 0.3 is 0 Å². The number of carbonyl (C=O) groups excluding carboxylic acids is 1. The van der Waals surface area contributed by atoms with Gasteiger partial charge in [0.1, 0.15) is 6.10 Å². The van der Waals surface area contributed by atoms with Crippen LogP contribution in [0, 0.1) is 0 Å². The molecule has 3 N–H and O–H groups in total. The molecule has 1 atom stereocenters. The normalized spacial score (nSPS) is 20.5. The number of anilines is 1. The SMILES string of the molecule is CCNC(=NCc1cccc(NC(=O)C2CCCO2)c1)NCC(C)(C)N1CCOCC1. The van der Waals surface area contributed by atoms with Crippen molar-refractivity contribution in [1.29, 1.82) is 0 Å². The zero-order valence-corrected chi connectivity index (χ0v) is 19.1. The molecule has 2 aliphatic heterocycles. The number of nitrogens with zero attached hydrogens (tertiary/aromatic N) is 2. The van der Waals surface area contributed by atoms with Crippen LogP contribution >= 0.6 is 0 Å². The average molecular weight is 432 g/mol. The van der Waals surface area contributed by atoms with Gasteiger partial charge in [0.2, 0.25) is 0 Å². The Bertz CT molecular complexity index is 740. The van der Waals surface area contributed by atoms with Crippen molar-refractivity contribution < 1.29 is 14.3 Å². The lowest BCUT2D eigenvalue weighted by Gasteiger charge is -2.41. The van der Waals surface area contributed by atoms with Gasteiger partial charge in [-0.25, -0.2) is 4.99 Å². The Hall–Kier alpha value is -2.16. The Labute approximate surface area is 185 Å². The van der Waals surface area contributed by atoms with Gasteiger partial charge < -0.3 is 25.4 Å². The first-order valence-corrected chi connectivity index (χ1v) is 11.3. The van der Waals surface area contributed by atoms with E-state index in [-0.39, 0.29) is 17.6 Å². The predicted octanol–water partition coefficient (Wildman–Crippen LogP) is 1.97. The first-order valence-electron chi connectivity index (χ1n) is 11.3. The van der Waals surface area contributed by atoms with Crippen LogP contribution in [0.15, 0.2) is 29.3 Å². The minimum Gasteiger partial charge on any atom is -0.379 e. The predicted molar refractivity (Wildman–Crippen MR) is 123 cm³/mol. The monoisotopic (exact) mass is 431 g/mol. The van der Waals surface area contributed by atoms with Crippen molar-refractivity contribution in [2.24, 2.45) is 4.99 Å². The molecule has 2 heterocycles. The van der Waals surface area contributed by atoms with Gasteiger partial charge in [0.25, 0.3) is 5.91 Å². The maximum absolute atomic E-state index is 12.3. The molecule has 3 rings (SSSR count). The maximum Gasteiger partial charge on any atom is 0.253 e. The van der Waals surface area contributed by atoms with Crippen molar-refractivity contribution in [2.45, 2.75) is 51.8 Å². The van der Waals surface area contributed by atoms with Crippen molar-refractivity contribution in [3.63, 3.8) is 0 Å². The summed E-state index contributed by atoms with van der Waals surface area (Å²) in [5, 5.41) is 9.76. The van der Waals surface area contributed by atoms with Gasteiger partial charge in [-0.15, -0.1) is 0 Å². The molecule has 2 saturated heterocycles. The molecule has 0 aliphatic carbocycles. The number of ether oxygens (including phenoxy) is 2. The second-order valence-corrected chi connectivity index (χ2v) is 8.65. The molecule has 8 heteroatoms. The summed E-state index contributed by atoms with van der Waals surface area (Å²) >= 11 is 0. The van der Waals surface area contributed by atoms with E-state index in [1.54, 1.807) is 0 Å². The van der Waals surface area contributed by atoms with Crippen LogP contribution in [0.2, 0.25) is 0 Å². The lowest BCUT2D eigenvalue weighted by atomic mass is 10.0. The third-order valence-corrected chi connectivity index (χ3v) is 5.74. The van der Waals surface area contributed by atoms with Gasteiger partial charge in [0.15, 0.2) is 5.96 Å². The number of nitrogens with one attached hydrogen (secondary N) is 3. The summed E-state index contributed by atoms with van der Waals surface area (Å²) in [6.07, 6.45) is 1.39. The van der Waals surface area contributed by atoms with Crippen molar-refractivity contribution >= 4 is 17.6 Å². The van der Waals surface area contributed by atoms with E-state index < -0.39 is 0 Å². The van der Waals surface area contributed by atoms with Crippen LogP contribution < -0.4 is 16.0 Å². The molecule has 31 heavy (non-hydrogen) atoms. The Morgan fingerprint density at radius 1 is 1.23 bits per heavy atom. The first-order chi connectivity index (χ1) is 15.0. The number of hydrogen-bond acceptors (Lipinski definition) is 5. The number of carbonyl (C=O) groups is 1. The molecule has 2 fully saturated rings. The molecule has 8 nitrogen and oxygen atoms in total. The zero-order valence-electron chi connectivity index (χ0n) is 19.1. The Balaban J connectivity index is 1.56. The highest BCUT2D eigenvalue weighted by atomic mass is 16.5. The van der Waals surface area contributed by atoms with Crippen LogP contribution in [-0.2, 0) is 20.8 Å². The molecule has 1 aromatic carbocycles. The van der Waals surface area contributed by atoms with Gasteiger partial charge in [-0.3, -0.25) is 9.69 Å². The van der Waals surface area contributed by atoms with Crippen LogP contribution in [0.3, 0.4) is 0 Å². The van der Waals surface area contributed by atoms with Gasteiger partial charge in [0.05, 0.1) is 19.8 Å². The van der Waals surface area contributed by atoms with Crippen molar-refractivity contribution in [3.8, 4) is 0 Å². The lowest BCUT2D eigenvalue weighted by Crippen LogP contribution is -2.56. The van der Waals surface area contributed by atoms with Gasteiger partial charge in [-0.05, 0) is 51.3 Å². The highest BCUT2D eigenvalue weighted by molar-refractivity contribution is 5.94. The van der Waals surface area contributed by atoms with Crippen LogP contribution in [-0.4, -0.2) is 74.4 Å². The smallest absolute Gasteiger partial charge is 0.253 e. The van der Waals surface area contributed by atoms with Crippen LogP contribution in [0.25, 0.3) is 0 Å². The molecule has 0 bridgehead atoms. The molecule has 1 unspecified atom stereocenters. The summed E-state index contributed by atoms with van der Waals surface area (Å²) in [6.45, 7) is 12.8. The third-order valence-electron chi connectivity index (χ3n) is 5.74. The van der Waals surface area contributed by atoms with Crippen LogP contribution in [0.5, 0.6) is 0 Å². The van der Waals surface area contributed by atoms with Crippen molar-refractivity contribution in [1.82, 2.24) is 15.5 Å². The molecular weight excluding hydrogens is 394 g/mol. The van der Waals surface area contributed by atoms with Crippen LogP contribution in [0.1, 0.15) is 39.2 Å². The van der Waals surface area contributed by atoms with Crippen molar-refractivity contribution in [3.05, 3.63) is 29.8 Å². The van der Waals surface area contributed by atoms with E-state index in [2.05, 4.69) is 41.6 Å². The largest absolute Gasteiger partial charge is 0.379 e. The van der Waals surface area contributed by atoms with E-state index in [0.717, 1.165) is 69.4 Å². The van der Waals surface area contributed by atoms with Gasteiger partial charge in [0, 0.05) is 44.0 Å². The highest BCUT2D eigenvalue weighted by Gasteiger charge is 2.28. The van der Waals surface area contributed by atoms with E-state index in [0.29, 0.717) is 13.2 Å². The van der Waals surface area contributed by atoms with E-state index in [1.807, 2.05) is 24.3 Å². The molecule has 172 valence electrons. The summed E-state index contributed by atoms with van der Waals surface area (Å²) in [5.74, 6) is 0.719. The molecule has 0 aromatic heterocycles. The minimum absolute atomic E-state index is 0.00643. The second kappa shape index (κ2) is 11.5. The van der Waals surface area contributed by atoms with E-state index in [1.165, 1.54) is 0 Å². The summed E-state index contributed by atoms with van der Waals surface area (Å²) in [7, 11) is 0. The van der Waals surface area contributed by atoms with E-state index in [4.69, 9.17) is 14.5 Å². The second-order valence-electron chi connectivity index (χ2n) is 8.65. The molecule has 0 spiro atoms. The number of benzene rings is 1. The van der Waals surface area contributed by atoms with Crippen LogP contribution in [0.4, 0.5) is 5.69 Å². The molecule has 1 aromatic rings. The van der Waals surface area contributed by atoms with Gasteiger partial charge in [-0.2, -0.15) is 0 Å². The summed E-state index contributed by atoms with van der Waals surface area (Å²) in [6, 6.07) is 7.83. The third kappa shape index (κ3) is 7.19. The number of hydrogen-bond donors (Lipinski definition) is 3. The fourth-order valence-corrected chi connectivity index (χ4v) is 3.85. The quantitative estimate of drug-likeness (QED) is 0.431. The summed E-state index contributed by atoms with van der Waals surface area (Å²) in [4.78, 5) is 19.5. The number of aliphatic imine (C=N–C) groups is 1. The maximum atomic E-state index is 12.3. The number of amides is 1. The molecular formula is C23H37N5O3. The molecule has 0 saturated carbocycles. The molecule has 1 amide bonds. The Morgan fingerprint density at radius 3 is 2.74 bits per heavy atom.